The van der Waals surface area contributed by atoms with Gasteiger partial charge in [-0.3, -0.25) is 9.52 Å². The summed E-state index contributed by atoms with van der Waals surface area (Å²) in [6.45, 7) is 10.8. The second-order valence-corrected chi connectivity index (χ2v) is 11.7. The zero-order valence-corrected chi connectivity index (χ0v) is 21.6. The van der Waals surface area contributed by atoms with Crippen LogP contribution in [0.4, 0.5) is 11.4 Å². The molecular weight excluding hydrogens is 458 g/mol. The zero-order chi connectivity index (χ0) is 25.2. The molecular formula is C28H33N3O3S. The highest BCUT2D eigenvalue weighted by atomic mass is 32.2. The van der Waals surface area contributed by atoms with Crippen LogP contribution in [-0.4, -0.2) is 45.4 Å². The predicted octanol–water partition coefficient (Wildman–Crippen LogP) is 5.06. The summed E-state index contributed by atoms with van der Waals surface area (Å²) < 4.78 is 28.8. The number of nitrogens with one attached hydrogen (secondary N) is 1. The quantitative estimate of drug-likeness (QED) is 0.542. The normalized spacial score (nSPS) is 14.6. The Morgan fingerprint density at radius 2 is 1.49 bits per heavy atom. The molecule has 1 fully saturated rings. The molecule has 1 amide bonds. The van der Waals surface area contributed by atoms with Gasteiger partial charge in [0.25, 0.3) is 15.9 Å². The SMILES string of the molecule is Cc1ccc(S(=O)(=O)Nc2ccc(C(C)(C)C)cc2)cc1C(=O)N1CCN(c2ccccc2)CC1. The molecule has 4 rings (SSSR count). The van der Waals surface area contributed by atoms with Crippen molar-refractivity contribution >= 4 is 27.3 Å². The third kappa shape index (κ3) is 5.68. The van der Waals surface area contributed by atoms with E-state index in [1.54, 1.807) is 29.2 Å². The number of amides is 1. The lowest BCUT2D eigenvalue weighted by molar-refractivity contribution is 0.0746. The van der Waals surface area contributed by atoms with Crippen LogP contribution in [0.3, 0.4) is 0 Å². The number of hydrogen-bond acceptors (Lipinski definition) is 4. The molecule has 0 saturated carbocycles. The fraction of sp³-hybridized carbons (Fsp3) is 0.321. The molecule has 7 heteroatoms. The van der Waals surface area contributed by atoms with Gasteiger partial charge in [-0.15, -0.1) is 0 Å². The number of carbonyl (C=O) groups is 1. The van der Waals surface area contributed by atoms with E-state index in [-0.39, 0.29) is 16.2 Å². The summed E-state index contributed by atoms with van der Waals surface area (Å²) >= 11 is 0. The number of rotatable bonds is 5. The molecule has 0 bridgehead atoms. The summed E-state index contributed by atoms with van der Waals surface area (Å²) in [6.07, 6.45) is 0. The van der Waals surface area contributed by atoms with Crippen LogP contribution in [0.1, 0.15) is 42.3 Å². The predicted molar refractivity (Wildman–Crippen MR) is 142 cm³/mol. The maximum Gasteiger partial charge on any atom is 0.261 e. The third-order valence-electron chi connectivity index (χ3n) is 6.44. The molecule has 1 aliphatic rings. The van der Waals surface area contributed by atoms with Crippen LogP contribution in [0, 0.1) is 6.92 Å². The maximum atomic E-state index is 13.3. The number of aryl methyl sites for hydroxylation is 1. The van der Waals surface area contributed by atoms with E-state index >= 15 is 0 Å². The van der Waals surface area contributed by atoms with Crippen LogP contribution in [0.2, 0.25) is 0 Å². The average molecular weight is 492 g/mol. The lowest BCUT2D eigenvalue weighted by atomic mass is 9.87. The molecule has 0 aliphatic carbocycles. The molecule has 1 aliphatic heterocycles. The lowest BCUT2D eigenvalue weighted by Gasteiger charge is -2.36. The van der Waals surface area contributed by atoms with E-state index in [2.05, 4.69) is 42.5 Å². The average Bonchev–Trinajstić information content (AvgIpc) is 2.84. The van der Waals surface area contributed by atoms with Gasteiger partial charge in [0, 0.05) is 43.1 Å². The Hall–Kier alpha value is -3.32. The molecule has 0 spiro atoms. The molecule has 6 nitrogen and oxygen atoms in total. The van der Waals surface area contributed by atoms with Crippen molar-refractivity contribution in [2.24, 2.45) is 0 Å². The molecule has 184 valence electrons. The van der Waals surface area contributed by atoms with Crippen molar-refractivity contribution in [3.05, 3.63) is 89.5 Å². The summed E-state index contributed by atoms with van der Waals surface area (Å²) in [4.78, 5) is 17.5. The molecule has 3 aromatic rings. The molecule has 1 saturated heterocycles. The van der Waals surface area contributed by atoms with Crippen molar-refractivity contribution in [2.75, 3.05) is 35.8 Å². The second kappa shape index (κ2) is 9.74. The topological polar surface area (TPSA) is 69.7 Å². The molecule has 1 N–H and O–H groups in total. The molecule has 1 heterocycles. The van der Waals surface area contributed by atoms with Gasteiger partial charge in [0.15, 0.2) is 0 Å². The Morgan fingerprint density at radius 1 is 0.857 bits per heavy atom. The largest absolute Gasteiger partial charge is 0.368 e. The van der Waals surface area contributed by atoms with E-state index in [0.29, 0.717) is 24.3 Å². The van der Waals surface area contributed by atoms with E-state index in [1.807, 2.05) is 37.3 Å². The first-order chi connectivity index (χ1) is 16.5. The minimum atomic E-state index is -3.84. The third-order valence-corrected chi connectivity index (χ3v) is 7.82. The minimum Gasteiger partial charge on any atom is -0.368 e. The highest BCUT2D eigenvalue weighted by Crippen LogP contribution is 2.26. The van der Waals surface area contributed by atoms with Crippen LogP contribution < -0.4 is 9.62 Å². The van der Waals surface area contributed by atoms with E-state index in [1.165, 1.54) is 6.07 Å². The minimum absolute atomic E-state index is 0.0177. The Labute approximate surface area is 208 Å². The summed E-state index contributed by atoms with van der Waals surface area (Å²) in [5, 5.41) is 0. The Kier molecular flexibility index (Phi) is 6.90. The van der Waals surface area contributed by atoms with Gasteiger partial charge in [0.1, 0.15) is 0 Å². The van der Waals surface area contributed by atoms with Gasteiger partial charge in [0.05, 0.1) is 4.90 Å². The van der Waals surface area contributed by atoms with Crippen molar-refractivity contribution in [1.29, 1.82) is 0 Å². The molecule has 35 heavy (non-hydrogen) atoms. The molecule has 3 aromatic carbocycles. The fourth-order valence-electron chi connectivity index (χ4n) is 4.23. The summed E-state index contributed by atoms with van der Waals surface area (Å²) in [6, 6.07) is 22.3. The smallest absolute Gasteiger partial charge is 0.261 e. The van der Waals surface area contributed by atoms with Gasteiger partial charge < -0.3 is 9.80 Å². The van der Waals surface area contributed by atoms with Crippen LogP contribution in [-0.2, 0) is 15.4 Å². The molecule has 0 radical (unpaired) electrons. The van der Waals surface area contributed by atoms with E-state index in [0.717, 1.165) is 29.9 Å². The van der Waals surface area contributed by atoms with Crippen molar-refractivity contribution in [1.82, 2.24) is 4.90 Å². The Bertz CT molecular complexity index is 1290. The van der Waals surface area contributed by atoms with Crippen molar-refractivity contribution in [3.8, 4) is 0 Å². The van der Waals surface area contributed by atoms with Crippen LogP contribution in [0.15, 0.2) is 77.7 Å². The van der Waals surface area contributed by atoms with Gasteiger partial charge in [-0.1, -0.05) is 57.2 Å². The highest BCUT2D eigenvalue weighted by Gasteiger charge is 2.25. The lowest BCUT2D eigenvalue weighted by Crippen LogP contribution is -2.49. The highest BCUT2D eigenvalue weighted by molar-refractivity contribution is 7.92. The van der Waals surface area contributed by atoms with E-state index < -0.39 is 10.0 Å². The number of carbonyl (C=O) groups excluding carboxylic acids is 1. The van der Waals surface area contributed by atoms with Crippen molar-refractivity contribution < 1.29 is 13.2 Å². The summed E-state index contributed by atoms with van der Waals surface area (Å²) in [5.74, 6) is -0.137. The van der Waals surface area contributed by atoms with E-state index in [9.17, 15) is 13.2 Å². The van der Waals surface area contributed by atoms with Gasteiger partial charge >= 0.3 is 0 Å². The van der Waals surface area contributed by atoms with Crippen LogP contribution in [0.5, 0.6) is 0 Å². The van der Waals surface area contributed by atoms with Gasteiger partial charge in [-0.2, -0.15) is 0 Å². The number of nitrogens with zero attached hydrogens (tertiary/aromatic N) is 2. The first-order valence-corrected chi connectivity index (χ1v) is 13.4. The molecule has 0 aromatic heterocycles. The summed E-state index contributed by atoms with van der Waals surface area (Å²) in [7, 11) is -3.84. The van der Waals surface area contributed by atoms with Crippen LogP contribution >= 0.6 is 0 Å². The molecule has 0 atom stereocenters. The van der Waals surface area contributed by atoms with E-state index in [4.69, 9.17) is 0 Å². The number of hydrogen-bond donors (Lipinski definition) is 1. The van der Waals surface area contributed by atoms with Crippen LogP contribution in [0.25, 0.3) is 0 Å². The first kappa shape index (κ1) is 24.8. The first-order valence-electron chi connectivity index (χ1n) is 11.9. The standard InChI is InChI=1S/C28H33N3O3S/c1-21-10-15-25(35(33,34)29-23-13-11-22(12-14-23)28(2,3)4)20-26(21)27(32)31-18-16-30(17-19-31)24-8-6-5-7-9-24/h5-15,20,29H,16-19H2,1-4H3. The Morgan fingerprint density at radius 3 is 2.09 bits per heavy atom. The fourth-order valence-corrected chi connectivity index (χ4v) is 5.31. The van der Waals surface area contributed by atoms with Crippen molar-refractivity contribution in [3.63, 3.8) is 0 Å². The number of para-hydroxylation sites is 1. The summed E-state index contributed by atoms with van der Waals surface area (Å²) in [5.41, 5.74) is 3.92. The zero-order valence-electron chi connectivity index (χ0n) is 20.8. The van der Waals surface area contributed by atoms with Gasteiger partial charge in [-0.05, 0) is 59.9 Å². The number of anilines is 2. The number of piperazine rings is 1. The van der Waals surface area contributed by atoms with Gasteiger partial charge in [-0.25, -0.2) is 8.42 Å². The monoisotopic (exact) mass is 491 g/mol. The number of benzene rings is 3. The maximum absolute atomic E-state index is 13.3. The molecule has 0 unspecified atom stereocenters. The van der Waals surface area contributed by atoms with Gasteiger partial charge in [0.2, 0.25) is 0 Å². The van der Waals surface area contributed by atoms with Crippen molar-refractivity contribution in [2.45, 2.75) is 38.0 Å². The Balaban J connectivity index is 1.48. The second-order valence-electron chi connectivity index (χ2n) is 10.0. The number of sulfonamides is 1.